The molecule has 0 radical (unpaired) electrons. The van der Waals surface area contributed by atoms with Crippen LogP contribution in [0.4, 0.5) is 0 Å². The summed E-state index contributed by atoms with van der Waals surface area (Å²) in [6.07, 6.45) is 7.15. The Morgan fingerprint density at radius 2 is 1.95 bits per heavy atom. The number of nitrogens with one attached hydrogen (secondary N) is 1. The molecular formula is C16H31N3. The fourth-order valence-electron chi connectivity index (χ4n) is 2.53. The van der Waals surface area contributed by atoms with Crippen LogP contribution in [0, 0.1) is 0 Å². The lowest BCUT2D eigenvalue weighted by Gasteiger charge is -2.17. The molecule has 1 aromatic rings. The van der Waals surface area contributed by atoms with Gasteiger partial charge in [-0.1, -0.05) is 27.2 Å². The molecule has 110 valence electrons. The van der Waals surface area contributed by atoms with Gasteiger partial charge in [-0.3, -0.25) is 4.68 Å². The normalized spacial score (nSPS) is 12.8. The molecule has 0 bridgehead atoms. The second-order valence-corrected chi connectivity index (χ2v) is 5.27. The van der Waals surface area contributed by atoms with Crippen LogP contribution in [0.15, 0.2) is 6.07 Å². The predicted molar refractivity (Wildman–Crippen MR) is 82.6 cm³/mol. The van der Waals surface area contributed by atoms with Gasteiger partial charge >= 0.3 is 0 Å². The van der Waals surface area contributed by atoms with Crippen LogP contribution in [0.1, 0.15) is 64.8 Å². The van der Waals surface area contributed by atoms with E-state index in [9.17, 15) is 0 Å². The second kappa shape index (κ2) is 9.13. The first-order valence-corrected chi connectivity index (χ1v) is 8.04. The Labute approximate surface area is 118 Å². The monoisotopic (exact) mass is 265 g/mol. The van der Waals surface area contributed by atoms with Gasteiger partial charge in [-0.25, -0.2) is 0 Å². The summed E-state index contributed by atoms with van der Waals surface area (Å²) in [5, 5.41) is 8.30. The van der Waals surface area contributed by atoms with E-state index >= 15 is 0 Å². The van der Waals surface area contributed by atoms with Gasteiger partial charge < -0.3 is 5.32 Å². The topological polar surface area (TPSA) is 29.9 Å². The van der Waals surface area contributed by atoms with Crippen LogP contribution in [0.2, 0.25) is 0 Å². The average molecular weight is 265 g/mol. The molecule has 0 spiro atoms. The lowest BCUT2D eigenvalue weighted by molar-refractivity contribution is 0.442. The first-order valence-electron chi connectivity index (χ1n) is 8.04. The number of hydrogen-bond acceptors (Lipinski definition) is 2. The van der Waals surface area contributed by atoms with Crippen LogP contribution in [-0.4, -0.2) is 22.4 Å². The summed E-state index contributed by atoms with van der Waals surface area (Å²) in [7, 11) is 0. The zero-order valence-corrected chi connectivity index (χ0v) is 13.2. The molecule has 1 rings (SSSR count). The van der Waals surface area contributed by atoms with Crippen molar-refractivity contribution < 1.29 is 0 Å². The standard InChI is InChI=1S/C16H31N3/c1-5-9-15(17-12-6-2)10-11-16-13-14(7-3)18-19(16)8-4/h13,15,17H,5-12H2,1-4H3. The number of rotatable bonds is 10. The van der Waals surface area contributed by atoms with Crippen molar-refractivity contribution in [2.45, 2.75) is 78.8 Å². The van der Waals surface area contributed by atoms with Gasteiger partial charge in [0, 0.05) is 18.3 Å². The van der Waals surface area contributed by atoms with Crippen molar-refractivity contribution in [1.29, 1.82) is 0 Å². The van der Waals surface area contributed by atoms with E-state index in [1.54, 1.807) is 0 Å². The zero-order valence-electron chi connectivity index (χ0n) is 13.2. The lowest BCUT2D eigenvalue weighted by Crippen LogP contribution is -2.30. The quantitative estimate of drug-likeness (QED) is 0.701. The van der Waals surface area contributed by atoms with E-state index in [2.05, 4.69) is 48.9 Å². The third-order valence-electron chi connectivity index (χ3n) is 3.64. The second-order valence-electron chi connectivity index (χ2n) is 5.27. The van der Waals surface area contributed by atoms with Crippen molar-refractivity contribution in [3.05, 3.63) is 17.5 Å². The highest BCUT2D eigenvalue weighted by Gasteiger charge is 2.10. The highest BCUT2D eigenvalue weighted by atomic mass is 15.3. The predicted octanol–water partition coefficient (Wildman–Crippen LogP) is 3.57. The minimum Gasteiger partial charge on any atom is -0.314 e. The molecule has 1 heterocycles. The molecular weight excluding hydrogens is 234 g/mol. The lowest BCUT2D eigenvalue weighted by atomic mass is 10.0. The number of hydrogen-bond donors (Lipinski definition) is 1. The summed E-state index contributed by atoms with van der Waals surface area (Å²) < 4.78 is 2.17. The zero-order chi connectivity index (χ0) is 14.1. The summed E-state index contributed by atoms with van der Waals surface area (Å²) in [6, 6.07) is 2.95. The molecule has 0 aliphatic heterocycles. The van der Waals surface area contributed by atoms with E-state index in [4.69, 9.17) is 0 Å². The molecule has 19 heavy (non-hydrogen) atoms. The van der Waals surface area contributed by atoms with Crippen LogP contribution < -0.4 is 5.32 Å². The van der Waals surface area contributed by atoms with Crippen LogP contribution in [0.25, 0.3) is 0 Å². The molecule has 0 aliphatic carbocycles. The molecule has 1 atom stereocenters. The molecule has 0 aliphatic rings. The van der Waals surface area contributed by atoms with Gasteiger partial charge in [-0.2, -0.15) is 5.10 Å². The van der Waals surface area contributed by atoms with Gasteiger partial charge in [0.15, 0.2) is 0 Å². The van der Waals surface area contributed by atoms with E-state index in [0.29, 0.717) is 6.04 Å². The minimum atomic E-state index is 0.662. The fraction of sp³-hybridized carbons (Fsp3) is 0.812. The summed E-state index contributed by atoms with van der Waals surface area (Å²) in [6.45, 7) is 11.0. The van der Waals surface area contributed by atoms with Gasteiger partial charge in [0.05, 0.1) is 5.69 Å². The summed E-state index contributed by atoms with van der Waals surface area (Å²) in [5.74, 6) is 0. The number of aryl methyl sites for hydroxylation is 3. The Morgan fingerprint density at radius 1 is 1.16 bits per heavy atom. The maximum absolute atomic E-state index is 4.63. The molecule has 0 saturated heterocycles. The van der Waals surface area contributed by atoms with Gasteiger partial charge in [0.25, 0.3) is 0 Å². The molecule has 0 saturated carbocycles. The van der Waals surface area contributed by atoms with Crippen LogP contribution >= 0.6 is 0 Å². The molecule has 0 amide bonds. The van der Waals surface area contributed by atoms with Crippen LogP contribution in [0.3, 0.4) is 0 Å². The first kappa shape index (κ1) is 16.2. The highest BCUT2D eigenvalue weighted by Crippen LogP contribution is 2.12. The maximum atomic E-state index is 4.63. The Hall–Kier alpha value is -0.830. The van der Waals surface area contributed by atoms with Crippen molar-refractivity contribution in [2.24, 2.45) is 0 Å². The smallest absolute Gasteiger partial charge is 0.0624 e. The third-order valence-corrected chi connectivity index (χ3v) is 3.64. The van der Waals surface area contributed by atoms with Gasteiger partial charge in [-0.15, -0.1) is 0 Å². The molecule has 3 heteroatoms. The fourth-order valence-corrected chi connectivity index (χ4v) is 2.53. The van der Waals surface area contributed by atoms with E-state index in [1.807, 2.05) is 0 Å². The summed E-state index contributed by atoms with van der Waals surface area (Å²) >= 11 is 0. The van der Waals surface area contributed by atoms with Gasteiger partial charge in [0.2, 0.25) is 0 Å². The highest BCUT2D eigenvalue weighted by molar-refractivity contribution is 5.10. The molecule has 1 unspecified atom stereocenters. The Bertz CT molecular complexity index is 344. The van der Waals surface area contributed by atoms with Crippen LogP contribution in [-0.2, 0) is 19.4 Å². The Balaban J connectivity index is 2.54. The van der Waals surface area contributed by atoms with E-state index < -0.39 is 0 Å². The van der Waals surface area contributed by atoms with Crippen molar-refractivity contribution >= 4 is 0 Å². The summed E-state index contributed by atoms with van der Waals surface area (Å²) in [4.78, 5) is 0. The van der Waals surface area contributed by atoms with E-state index in [1.165, 1.54) is 37.1 Å². The Kier molecular flexibility index (Phi) is 7.80. The third kappa shape index (κ3) is 5.35. The van der Waals surface area contributed by atoms with Gasteiger partial charge in [-0.05, 0) is 51.6 Å². The van der Waals surface area contributed by atoms with Crippen molar-refractivity contribution in [3.63, 3.8) is 0 Å². The first-order chi connectivity index (χ1) is 9.24. The van der Waals surface area contributed by atoms with E-state index in [0.717, 1.165) is 25.9 Å². The Morgan fingerprint density at radius 3 is 2.53 bits per heavy atom. The molecule has 1 aromatic heterocycles. The maximum Gasteiger partial charge on any atom is 0.0624 e. The van der Waals surface area contributed by atoms with Crippen molar-refractivity contribution in [2.75, 3.05) is 6.54 Å². The average Bonchev–Trinajstić information content (AvgIpc) is 2.84. The molecule has 0 aromatic carbocycles. The van der Waals surface area contributed by atoms with E-state index in [-0.39, 0.29) is 0 Å². The SMILES string of the molecule is CCCNC(CCC)CCc1cc(CC)nn1CC. The largest absolute Gasteiger partial charge is 0.314 e. The molecule has 1 N–H and O–H groups in total. The van der Waals surface area contributed by atoms with Crippen molar-refractivity contribution in [3.8, 4) is 0 Å². The minimum absolute atomic E-state index is 0.662. The van der Waals surface area contributed by atoms with Crippen LogP contribution in [0.5, 0.6) is 0 Å². The number of aromatic nitrogens is 2. The molecule has 3 nitrogen and oxygen atoms in total. The molecule has 0 fully saturated rings. The van der Waals surface area contributed by atoms with Gasteiger partial charge in [0.1, 0.15) is 0 Å². The number of nitrogens with zero attached hydrogens (tertiary/aromatic N) is 2. The summed E-state index contributed by atoms with van der Waals surface area (Å²) in [5.41, 5.74) is 2.63. The van der Waals surface area contributed by atoms with Crippen molar-refractivity contribution in [1.82, 2.24) is 15.1 Å².